The molecule has 4 rings (SSSR count). The monoisotopic (exact) mass is 467 g/mol. The first-order chi connectivity index (χ1) is 15.3. The van der Waals surface area contributed by atoms with E-state index in [1.165, 1.54) is 29.8 Å². The van der Waals surface area contributed by atoms with Crippen molar-refractivity contribution < 1.29 is 8.42 Å². The Balaban J connectivity index is 1.70. The highest BCUT2D eigenvalue weighted by molar-refractivity contribution is 7.90. The number of nitrogens with one attached hydrogen (secondary N) is 1. The zero-order valence-electron chi connectivity index (χ0n) is 17.6. The number of rotatable bonds is 7. The molecule has 0 aliphatic rings. The Labute approximate surface area is 192 Å². The molecule has 0 aliphatic heterocycles. The molecule has 0 aliphatic carbocycles. The van der Waals surface area contributed by atoms with Gasteiger partial charge in [0.1, 0.15) is 0 Å². The lowest BCUT2D eigenvalue weighted by molar-refractivity contribution is 0.580. The van der Waals surface area contributed by atoms with Gasteiger partial charge in [-0.15, -0.1) is 9.19 Å². The van der Waals surface area contributed by atoms with E-state index in [0.29, 0.717) is 23.0 Å². The summed E-state index contributed by atoms with van der Waals surface area (Å²) >= 11 is 5.92. The molecule has 164 valence electrons. The lowest BCUT2D eigenvalue weighted by atomic mass is 10.0. The summed E-state index contributed by atoms with van der Waals surface area (Å²) in [6.07, 6.45) is 3.22. The van der Waals surface area contributed by atoms with Gasteiger partial charge in [0.25, 0.3) is 10.0 Å². The minimum Gasteiger partial charge on any atom is -0.349 e. The normalized spacial score (nSPS) is 11.6. The van der Waals surface area contributed by atoms with Crippen molar-refractivity contribution in [2.24, 2.45) is 0 Å². The van der Waals surface area contributed by atoms with Crippen LogP contribution in [0, 0.1) is 0 Å². The van der Waals surface area contributed by atoms with Crippen molar-refractivity contribution in [1.82, 2.24) is 19.2 Å². The third-order valence-electron chi connectivity index (χ3n) is 4.93. The number of aromatic nitrogens is 4. The van der Waals surface area contributed by atoms with Crippen LogP contribution in [0.5, 0.6) is 0 Å². The summed E-state index contributed by atoms with van der Waals surface area (Å²) in [5.74, 6) is 0.812. The Hall–Kier alpha value is -3.23. The summed E-state index contributed by atoms with van der Waals surface area (Å²) in [5, 5.41) is 7.85. The van der Waals surface area contributed by atoms with Crippen molar-refractivity contribution in [1.29, 1.82) is 0 Å². The molecule has 0 spiro atoms. The zero-order chi connectivity index (χ0) is 22.7. The molecule has 0 unspecified atom stereocenters. The molecule has 0 saturated heterocycles. The lowest BCUT2D eigenvalue weighted by Crippen LogP contribution is -2.18. The summed E-state index contributed by atoms with van der Waals surface area (Å²) in [5.41, 5.74) is 2.85. The fraction of sp³-hybridized carbons (Fsp3) is 0.174. The van der Waals surface area contributed by atoms with E-state index >= 15 is 0 Å². The minimum atomic E-state index is -3.99. The molecule has 2 aromatic carbocycles. The molecular weight excluding hydrogens is 446 g/mol. The molecule has 7 nitrogen and oxygen atoms in total. The van der Waals surface area contributed by atoms with E-state index in [2.05, 4.69) is 46.4 Å². The number of hydrogen-bond donors (Lipinski definition) is 1. The van der Waals surface area contributed by atoms with Crippen LogP contribution in [0.15, 0.2) is 78.0 Å². The third kappa shape index (κ3) is 4.66. The Morgan fingerprint density at radius 3 is 2.38 bits per heavy atom. The van der Waals surface area contributed by atoms with Gasteiger partial charge >= 0.3 is 0 Å². The maximum absolute atomic E-state index is 13.3. The molecule has 0 fully saturated rings. The predicted molar refractivity (Wildman–Crippen MR) is 125 cm³/mol. The molecule has 4 aromatic rings. The first kappa shape index (κ1) is 22.0. The highest BCUT2D eigenvalue weighted by Crippen LogP contribution is 2.24. The van der Waals surface area contributed by atoms with Gasteiger partial charge in [-0.2, -0.15) is 13.4 Å². The fourth-order valence-corrected chi connectivity index (χ4v) is 4.42. The van der Waals surface area contributed by atoms with E-state index in [0.717, 1.165) is 9.65 Å². The Kier molecular flexibility index (Phi) is 6.25. The summed E-state index contributed by atoms with van der Waals surface area (Å²) < 4.78 is 27.5. The molecular formula is C23H22ClN5O2S. The van der Waals surface area contributed by atoms with Gasteiger partial charge in [-0.25, -0.2) is 0 Å². The number of hydrogen-bond acceptors (Lipinski definition) is 6. The van der Waals surface area contributed by atoms with Gasteiger partial charge in [0.15, 0.2) is 5.82 Å². The molecule has 32 heavy (non-hydrogen) atoms. The molecule has 0 radical (unpaired) electrons. The number of benzene rings is 2. The number of pyridine rings is 1. The van der Waals surface area contributed by atoms with E-state index < -0.39 is 10.0 Å². The molecule has 0 atom stereocenters. The maximum Gasteiger partial charge on any atom is 0.286 e. The maximum atomic E-state index is 13.3. The molecule has 0 saturated carbocycles. The summed E-state index contributed by atoms with van der Waals surface area (Å²) in [6, 6.07) is 17.6. The summed E-state index contributed by atoms with van der Waals surface area (Å²) in [7, 11) is -3.99. The average Bonchev–Trinajstić information content (AvgIpc) is 3.24. The molecule has 2 heterocycles. The Bertz CT molecular complexity index is 1300. The second-order valence-electron chi connectivity index (χ2n) is 7.55. The van der Waals surface area contributed by atoms with Gasteiger partial charge in [-0.1, -0.05) is 49.7 Å². The van der Waals surface area contributed by atoms with Gasteiger partial charge in [-0.3, -0.25) is 4.98 Å². The Morgan fingerprint density at radius 2 is 1.75 bits per heavy atom. The highest BCUT2D eigenvalue weighted by atomic mass is 35.5. The number of nitrogens with zero attached hydrogens (tertiary/aromatic N) is 4. The number of halogens is 1. The van der Waals surface area contributed by atoms with Crippen LogP contribution in [-0.2, 0) is 16.6 Å². The molecule has 0 amide bonds. The quantitative estimate of drug-likeness (QED) is 0.413. The first-order valence-electron chi connectivity index (χ1n) is 10.1. The fourth-order valence-electron chi connectivity index (χ4n) is 3.10. The van der Waals surface area contributed by atoms with Crippen molar-refractivity contribution in [3.63, 3.8) is 0 Å². The minimum absolute atomic E-state index is 0.0638. The van der Waals surface area contributed by atoms with Gasteiger partial charge in [0.05, 0.1) is 4.90 Å². The van der Waals surface area contributed by atoms with Crippen molar-refractivity contribution in [2.75, 3.05) is 5.32 Å². The standard InChI is InChI=1S/C23H22ClN5O2S/c1-16(2)18-7-5-17(6-8-18)14-26-23-27-22(19-4-3-13-25-15-19)28-29(23)32(30,31)21-11-9-20(24)10-12-21/h3-13,15-16H,14H2,1-2H3,(H,26,27,28). The summed E-state index contributed by atoms with van der Waals surface area (Å²) in [4.78, 5) is 8.58. The van der Waals surface area contributed by atoms with Gasteiger partial charge < -0.3 is 5.32 Å². The van der Waals surface area contributed by atoms with E-state index in [-0.39, 0.29) is 16.7 Å². The van der Waals surface area contributed by atoms with E-state index in [4.69, 9.17) is 11.6 Å². The van der Waals surface area contributed by atoms with Crippen LogP contribution in [0.4, 0.5) is 5.95 Å². The van der Waals surface area contributed by atoms with Gasteiger partial charge in [0.2, 0.25) is 5.95 Å². The van der Waals surface area contributed by atoms with E-state index in [9.17, 15) is 8.42 Å². The topological polar surface area (TPSA) is 89.8 Å². The van der Waals surface area contributed by atoms with Crippen molar-refractivity contribution in [3.05, 3.63) is 89.2 Å². The van der Waals surface area contributed by atoms with Crippen molar-refractivity contribution >= 4 is 27.6 Å². The van der Waals surface area contributed by atoms with E-state index in [1.54, 1.807) is 24.5 Å². The van der Waals surface area contributed by atoms with E-state index in [1.807, 2.05) is 12.1 Å². The predicted octanol–water partition coefficient (Wildman–Crippen LogP) is 4.97. The first-order valence-corrected chi connectivity index (χ1v) is 11.9. The van der Waals surface area contributed by atoms with Gasteiger partial charge in [-0.05, 0) is 53.4 Å². The SMILES string of the molecule is CC(C)c1ccc(CNc2nc(-c3cccnc3)nn2S(=O)(=O)c2ccc(Cl)cc2)cc1. The van der Waals surface area contributed by atoms with Crippen LogP contribution in [0.25, 0.3) is 11.4 Å². The van der Waals surface area contributed by atoms with Gasteiger partial charge in [0, 0.05) is 29.5 Å². The third-order valence-corrected chi connectivity index (χ3v) is 6.76. The van der Waals surface area contributed by atoms with Crippen LogP contribution < -0.4 is 5.32 Å². The largest absolute Gasteiger partial charge is 0.349 e. The average molecular weight is 468 g/mol. The van der Waals surface area contributed by atoms with Crippen LogP contribution >= 0.6 is 11.6 Å². The Morgan fingerprint density at radius 1 is 1.03 bits per heavy atom. The lowest BCUT2D eigenvalue weighted by Gasteiger charge is -2.10. The zero-order valence-corrected chi connectivity index (χ0v) is 19.2. The molecule has 0 bridgehead atoms. The molecule has 9 heteroatoms. The van der Waals surface area contributed by atoms with Crippen molar-refractivity contribution in [2.45, 2.75) is 31.2 Å². The highest BCUT2D eigenvalue weighted by Gasteiger charge is 2.24. The smallest absolute Gasteiger partial charge is 0.286 e. The second-order valence-corrected chi connectivity index (χ2v) is 9.76. The summed E-state index contributed by atoms with van der Waals surface area (Å²) in [6.45, 7) is 4.66. The molecule has 2 aromatic heterocycles. The second kappa shape index (κ2) is 9.10. The number of anilines is 1. The van der Waals surface area contributed by atoms with Crippen LogP contribution in [-0.4, -0.2) is 27.6 Å². The van der Waals surface area contributed by atoms with Crippen LogP contribution in [0.2, 0.25) is 5.02 Å². The molecule has 1 N–H and O–H groups in total. The van der Waals surface area contributed by atoms with Crippen molar-refractivity contribution in [3.8, 4) is 11.4 Å². The van der Waals surface area contributed by atoms with Crippen LogP contribution in [0.3, 0.4) is 0 Å². The van der Waals surface area contributed by atoms with Crippen LogP contribution in [0.1, 0.15) is 30.9 Å².